The number of hydrogen-bond acceptors (Lipinski definition) is 2. The van der Waals surface area contributed by atoms with Gasteiger partial charge in [-0.25, -0.2) is 0 Å². The molecule has 0 unspecified atom stereocenters. The van der Waals surface area contributed by atoms with Gasteiger partial charge in [0.1, 0.15) is 0 Å². The Hall–Kier alpha value is 0.310. The number of hydrogen-bond donors (Lipinski definition) is 0. The van der Waals surface area contributed by atoms with Crippen LogP contribution < -0.4 is 0 Å². The maximum atomic E-state index is 5.49. The monoisotopic (exact) mass is 130 g/mol. The minimum Gasteiger partial charge on any atom is -0.309 e. The molecular formula is C6H10OS. The van der Waals surface area contributed by atoms with Crippen molar-refractivity contribution in [1.29, 1.82) is 0 Å². The van der Waals surface area contributed by atoms with Crippen LogP contribution >= 0.6 is 12.0 Å². The molecule has 1 spiro atoms. The summed E-state index contributed by atoms with van der Waals surface area (Å²) in [5.41, 5.74) is 0.392. The SMILES string of the molecule is C1CSOC2(C1)CC2. The molecule has 0 amide bonds. The van der Waals surface area contributed by atoms with Gasteiger partial charge in [0.05, 0.1) is 5.60 Å². The van der Waals surface area contributed by atoms with Crippen LogP contribution in [-0.2, 0) is 4.18 Å². The molecular weight excluding hydrogens is 120 g/mol. The third-order valence-corrected chi connectivity index (χ3v) is 2.83. The first kappa shape index (κ1) is 5.12. The molecule has 1 aliphatic carbocycles. The van der Waals surface area contributed by atoms with Crippen molar-refractivity contribution in [2.24, 2.45) is 0 Å². The van der Waals surface area contributed by atoms with Crippen molar-refractivity contribution in [3.8, 4) is 0 Å². The van der Waals surface area contributed by atoms with Gasteiger partial charge in [0, 0.05) is 5.75 Å². The first-order valence-electron chi connectivity index (χ1n) is 3.22. The van der Waals surface area contributed by atoms with Gasteiger partial charge >= 0.3 is 0 Å². The van der Waals surface area contributed by atoms with Crippen molar-refractivity contribution in [3.63, 3.8) is 0 Å². The van der Waals surface area contributed by atoms with Gasteiger partial charge in [0.15, 0.2) is 0 Å². The molecule has 2 aliphatic rings. The van der Waals surface area contributed by atoms with E-state index in [2.05, 4.69) is 0 Å². The molecule has 2 fully saturated rings. The average Bonchev–Trinajstić information content (AvgIpc) is 2.52. The Bertz CT molecular complexity index is 90.7. The summed E-state index contributed by atoms with van der Waals surface area (Å²) in [6.07, 6.45) is 5.32. The minimum atomic E-state index is 0.392. The topological polar surface area (TPSA) is 9.23 Å². The van der Waals surface area contributed by atoms with Crippen LogP contribution in [0, 0.1) is 0 Å². The molecule has 0 N–H and O–H groups in total. The lowest BCUT2D eigenvalue weighted by Gasteiger charge is -2.19. The lowest BCUT2D eigenvalue weighted by molar-refractivity contribution is 0.191. The standard InChI is InChI=1S/C6H10OS/c1-2-6(3-4-6)7-8-5-1/h1-5H2. The molecule has 8 heavy (non-hydrogen) atoms. The summed E-state index contributed by atoms with van der Waals surface area (Å²) in [5.74, 6) is 1.21. The second-order valence-corrected chi connectivity index (χ2v) is 3.50. The van der Waals surface area contributed by atoms with E-state index in [-0.39, 0.29) is 0 Å². The van der Waals surface area contributed by atoms with Gasteiger partial charge in [-0.2, -0.15) is 0 Å². The van der Waals surface area contributed by atoms with Crippen LogP contribution in [0.1, 0.15) is 25.7 Å². The normalized spacial score (nSPS) is 33.0. The molecule has 1 heterocycles. The summed E-state index contributed by atoms with van der Waals surface area (Å²) in [4.78, 5) is 0. The Balaban J connectivity index is 1.95. The van der Waals surface area contributed by atoms with Crippen molar-refractivity contribution < 1.29 is 4.18 Å². The van der Waals surface area contributed by atoms with Crippen molar-refractivity contribution in [3.05, 3.63) is 0 Å². The van der Waals surface area contributed by atoms with Gasteiger partial charge in [-0.3, -0.25) is 0 Å². The molecule has 0 aromatic heterocycles. The van der Waals surface area contributed by atoms with Crippen LogP contribution in [0.2, 0.25) is 0 Å². The third-order valence-electron chi connectivity index (χ3n) is 1.90. The van der Waals surface area contributed by atoms with Crippen LogP contribution in [0.4, 0.5) is 0 Å². The Morgan fingerprint density at radius 2 is 2.12 bits per heavy atom. The molecule has 0 aromatic rings. The largest absolute Gasteiger partial charge is 0.309 e. The molecule has 1 aliphatic heterocycles. The van der Waals surface area contributed by atoms with E-state index >= 15 is 0 Å². The smallest absolute Gasteiger partial charge is 0.0831 e. The lowest BCUT2D eigenvalue weighted by Crippen LogP contribution is -2.14. The van der Waals surface area contributed by atoms with E-state index in [4.69, 9.17) is 4.18 Å². The lowest BCUT2D eigenvalue weighted by atomic mass is 10.2. The molecule has 2 heteroatoms. The Labute approximate surface area is 54.0 Å². The molecule has 1 nitrogen and oxygen atoms in total. The fourth-order valence-electron chi connectivity index (χ4n) is 1.13. The van der Waals surface area contributed by atoms with E-state index in [9.17, 15) is 0 Å². The molecule has 0 atom stereocenters. The molecule has 1 saturated heterocycles. The van der Waals surface area contributed by atoms with Gasteiger partial charge in [-0.1, -0.05) is 0 Å². The van der Waals surface area contributed by atoms with Crippen molar-refractivity contribution in [2.45, 2.75) is 31.3 Å². The Morgan fingerprint density at radius 1 is 1.25 bits per heavy atom. The van der Waals surface area contributed by atoms with Gasteiger partial charge in [-0.15, -0.1) is 0 Å². The summed E-state index contributed by atoms with van der Waals surface area (Å²) in [5, 5.41) is 0. The van der Waals surface area contributed by atoms with E-state index in [1.165, 1.54) is 31.4 Å². The number of rotatable bonds is 0. The maximum absolute atomic E-state index is 5.49. The van der Waals surface area contributed by atoms with Crippen LogP contribution in [0.15, 0.2) is 0 Å². The molecule has 0 bridgehead atoms. The van der Waals surface area contributed by atoms with Crippen molar-refractivity contribution in [1.82, 2.24) is 0 Å². The van der Waals surface area contributed by atoms with Gasteiger partial charge in [0.25, 0.3) is 0 Å². The highest BCUT2D eigenvalue weighted by molar-refractivity contribution is 7.94. The fraction of sp³-hybridized carbons (Fsp3) is 1.00. The molecule has 2 rings (SSSR count). The molecule has 0 radical (unpaired) electrons. The maximum Gasteiger partial charge on any atom is 0.0831 e. The second kappa shape index (κ2) is 1.64. The summed E-state index contributed by atoms with van der Waals surface area (Å²) in [6.45, 7) is 0. The Kier molecular flexibility index (Phi) is 1.05. The second-order valence-electron chi connectivity index (χ2n) is 2.69. The molecule has 1 saturated carbocycles. The van der Waals surface area contributed by atoms with Gasteiger partial charge in [-0.05, 0) is 37.7 Å². The van der Waals surface area contributed by atoms with Crippen molar-refractivity contribution in [2.75, 3.05) is 5.75 Å². The highest BCUT2D eigenvalue weighted by Crippen LogP contribution is 2.49. The van der Waals surface area contributed by atoms with E-state index in [0.717, 1.165) is 0 Å². The Morgan fingerprint density at radius 3 is 2.50 bits per heavy atom. The fourth-order valence-corrected chi connectivity index (χ4v) is 1.98. The first-order valence-corrected chi connectivity index (χ1v) is 4.13. The zero-order chi connectivity index (χ0) is 5.45. The third kappa shape index (κ3) is 0.759. The molecule has 46 valence electrons. The average molecular weight is 130 g/mol. The highest BCUT2D eigenvalue weighted by atomic mass is 32.2. The van der Waals surface area contributed by atoms with E-state index in [1.807, 2.05) is 0 Å². The van der Waals surface area contributed by atoms with E-state index in [1.54, 1.807) is 12.0 Å². The van der Waals surface area contributed by atoms with Crippen molar-refractivity contribution >= 4 is 12.0 Å². The zero-order valence-corrected chi connectivity index (χ0v) is 5.67. The minimum absolute atomic E-state index is 0.392. The quantitative estimate of drug-likeness (QED) is 0.464. The van der Waals surface area contributed by atoms with Crippen LogP contribution in [-0.4, -0.2) is 11.4 Å². The predicted octanol–water partition coefficient (Wildman–Crippen LogP) is 1.98. The van der Waals surface area contributed by atoms with Crippen LogP contribution in [0.25, 0.3) is 0 Å². The summed E-state index contributed by atoms with van der Waals surface area (Å²) in [6, 6.07) is 0. The summed E-state index contributed by atoms with van der Waals surface area (Å²) < 4.78 is 5.49. The predicted molar refractivity (Wildman–Crippen MR) is 34.7 cm³/mol. The van der Waals surface area contributed by atoms with Gasteiger partial charge in [0.2, 0.25) is 0 Å². The summed E-state index contributed by atoms with van der Waals surface area (Å²) in [7, 11) is 0. The van der Waals surface area contributed by atoms with Crippen LogP contribution in [0.5, 0.6) is 0 Å². The van der Waals surface area contributed by atoms with Crippen LogP contribution in [0.3, 0.4) is 0 Å². The van der Waals surface area contributed by atoms with E-state index in [0.29, 0.717) is 5.60 Å². The summed E-state index contributed by atoms with van der Waals surface area (Å²) >= 11 is 1.66. The first-order chi connectivity index (χ1) is 3.91. The zero-order valence-electron chi connectivity index (χ0n) is 4.85. The van der Waals surface area contributed by atoms with Gasteiger partial charge < -0.3 is 4.18 Å². The van der Waals surface area contributed by atoms with E-state index < -0.39 is 0 Å². The highest BCUT2D eigenvalue weighted by Gasteiger charge is 2.45. The molecule has 0 aromatic carbocycles.